The van der Waals surface area contributed by atoms with Gasteiger partial charge in [-0.15, -0.1) is 0 Å². The minimum Gasteiger partial charge on any atom is -0.389 e. The number of hydrogen-bond donors (Lipinski definition) is 2. The third-order valence-electron chi connectivity index (χ3n) is 2.79. The molecule has 112 valence electrons. The predicted molar refractivity (Wildman–Crippen MR) is 80.3 cm³/mol. The number of nitrogens with two attached hydrogens (primary N) is 1. The van der Waals surface area contributed by atoms with E-state index in [1.54, 1.807) is 19.1 Å². The number of hydrogen-bond acceptors (Lipinski definition) is 6. The van der Waals surface area contributed by atoms with Crippen LogP contribution in [-0.4, -0.2) is 30.1 Å². The van der Waals surface area contributed by atoms with Gasteiger partial charge in [0.1, 0.15) is 4.99 Å². The van der Waals surface area contributed by atoms with E-state index in [4.69, 9.17) is 22.5 Å². The maximum absolute atomic E-state index is 12.2. The summed E-state index contributed by atoms with van der Waals surface area (Å²) in [5, 5.41) is 3.45. The highest BCUT2D eigenvalue weighted by Gasteiger charge is 2.17. The predicted octanol–water partition coefficient (Wildman–Crippen LogP) is 0.533. The molecule has 0 unspecified atom stereocenters. The molecule has 1 aromatic heterocycles. The van der Waals surface area contributed by atoms with Gasteiger partial charge in [-0.2, -0.15) is 4.98 Å². The van der Waals surface area contributed by atoms with Crippen LogP contribution in [0.1, 0.15) is 17.0 Å². The van der Waals surface area contributed by atoms with Crippen LogP contribution >= 0.6 is 12.2 Å². The van der Waals surface area contributed by atoms with Gasteiger partial charge in [0, 0.05) is 18.5 Å². The monoisotopic (exact) mass is 326 g/mol. The van der Waals surface area contributed by atoms with Crippen molar-refractivity contribution in [3.63, 3.8) is 0 Å². The Morgan fingerprint density at radius 2 is 2.24 bits per heavy atom. The fourth-order valence-electron chi connectivity index (χ4n) is 1.78. The largest absolute Gasteiger partial charge is 0.389 e. The van der Waals surface area contributed by atoms with Crippen molar-refractivity contribution in [3.05, 3.63) is 41.5 Å². The quantitative estimate of drug-likeness (QED) is 0.745. The molecule has 0 amide bonds. The second-order valence-electron chi connectivity index (χ2n) is 4.33. The average molecular weight is 326 g/mol. The van der Waals surface area contributed by atoms with Gasteiger partial charge in [-0.1, -0.05) is 23.4 Å². The molecule has 7 nitrogen and oxygen atoms in total. The Labute approximate surface area is 127 Å². The lowest BCUT2D eigenvalue weighted by Gasteiger charge is -2.10. The molecule has 0 saturated carbocycles. The Hall–Kier alpha value is -1.84. The molecule has 0 aliphatic heterocycles. The summed E-state index contributed by atoms with van der Waals surface area (Å²) < 4.78 is 31.7. The van der Waals surface area contributed by atoms with Gasteiger partial charge in [0.25, 0.3) is 0 Å². The van der Waals surface area contributed by atoms with E-state index < -0.39 is 10.0 Å². The van der Waals surface area contributed by atoms with E-state index in [1.807, 2.05) is 0 Å². The number of thiocarbonyl (C=S) groups is 1. The number of benzene rings is 1. The van der Waals surface area contributed by atoms with E-state index in [9.17, 15) is 8.42 Å². The van der Waals surface area contributed by atoms with Gasteiger partial charge in [0.05, 0.1) is 4.90 Å². The summed E-state index contributed by atoms with van der Waals surface area (Å²) in [6.45, 7) is 1.86. The van der Waals surface area contributed by atoms with Crippen LogP contribution in [0.5, 0.6) is 0 Å². The maximum Gasteiger partial charge on any atom is 0.240 e. The molecule has 21 heavy (non-hydrogen) atoms. The van der Waals surface area contributed by atoms with Crippen molar-refractivity contribution in [1.82, 2.24) is 14.9 Å². The number of nitrogens with one attached hydrogen (secondary N) is 1. The van der Waals surface area contributed by atoms with Crippen molar-refractivity contribution in [2.75, 3.05) is 6.54 Å². The third-order valence-corrected chi connectivity index (χ3v) is 4.64. The van der Waals surface area contributed by atoms with Crippen molar-refractivity contribution in [1.29, 1.82) is 0 Å². The molecule has 1 heterocycles. The van der Waals surface area contributed by atoms with Gasteiger partial charge in [0.15, 0.2) is 6.33 Å². The number of aryl methyl sites for hydroxylation is 1. The summed E-state index contributed by atoms with van der Waals surface area (Å²) in [6.07, 6.45) is 1.59. The SMILES string of the molecule is Cc1cc(C(N)=S)ccc1S(=O)(=O)NCCc1ncno1. The van der Waals surface area contributed by atoms with Crippen molar-refractivity contribution in [2.24, 2.45) is 5.73 Å². The first-order valence-corrected chi connectivity index (χ1v) is 7.95. The van der Waals surface area contributed by atoms with E-state index in [-0.39, 0.29) is 16.4 Å². The fraction of sp³-hybridized carbons (Fsp3) is 0.250. The topological polar surface area (TPSA) is 111 Å². The first-order chi connectivity index (χ1) is 9.90. The molecule has 0 spiro atoms. The highest BCUT2D eigenvalue weighted by atomic mass is 32.2. The molecule has 0 bridgehead atoms. The zero-order valence-corrected chi connectivity index (χ0v) is 12.9. The molecule has 2 aromatic rings. The van der Waals surface area contributed by atoms with Gasteiger partial charge in [-0.25, -0.2) is 13.1 Å². The Bertz CT molecular complexity index is 742. The number of aromatic nitrogens is 2. The lowest BCUT2D eigenvalue weighted by Crippen LogP contribution is -2.27. The normalized spacial score (nSPS) is 11.5. The van der Waals surface area contributed by atoms with Crippen molar-refractivity contribution >= 4 is 27.2 Å². The summed E-state index contributed by atoms with van der Waals surface area (Å²) in [7, 11) is -3.61. The fourth-order valence-corrected chi connectivity index (χ4v) is 3.16. The second-order valence-corrected chi connectivity index (χ2v) is 6.50. The second kappa shape index (κ2) is 6.29. The number of nitrogens with zero attached hydrogens (tertiary/aromatic N) is 2. The van der Waals surface area contributed by atoms with Crippen molar-refractivity contribution in [2.45, 2.75) is 18.2 Å². The van der Waals surface area contributed by atoms with Gasteiger partial charge in [0.2, 0.25) is 15.9 Å². The first-order valence-electron chi connectivity index (χ1n) is 6.06. The zero-order chi connectivity index (χ0) is 15.5. The summed E-state index contributed by atoms with van der Waals surface area (Å²) in [4.78, 5) is 4.23. The molecule has 3 N–H and O–H groups in total. The summed E-state index contributed by atoms with van der Waals surface area (Å²) in [6, 6.07) is 4.72. The molecule has 0 aliphatic carbocycles. The molecule has 0 atom stereocenters. The molecule has 2 rings (SSSR count). The molecule has 0 fully saturated rings. The Morgan fingerprint density at radius 3 is 2.81 bits per heavy atom. The van der Waals surface area contributed by atoms with Crippen molar-refractivity contribution < 1.29 is 12.9 Å². The third kappa shape index (κ3) is 3.84. The first kappa shape index (κ1) is 15.5. The molecular weight excluding hydrogens is 312 g/mol. The van der Waals surface area contributed by atoms with Gasteiger partial charge in [-0.05, 0) is 24.6 Å². The Morgan fingerprint density at radius 1 is 1.48 bits per heavy atom. The summed E-state index contributed by atoms with van der Waals surface area (Å²) in [5.41, 5.74) is 6.73. The molecule has 0 radical (unpaired) electrons. The average Bonchev–Trinajstić information content (AvgIpc) is 2.91. The van der Waals surface area contributed by atoms with Crippen LogP contribution in [0.3, 0.4) is 0 Å². The highest BCUT2D eigenvalue weighted by molar-refractivity contribution is 7.89. The van der Waals surface area contributed by atoms with Gasteiger partial charge in [-0.3, -0.25) is 0 Å². The Balaban J connectivity index is 2.10. The minimum absolute atomic E-state index is 0.168. The molecular formula is C12H14N4O3S2. The standard InChI is InChI=1S/C12H14N4O3S2/c1-8-6-9(12(13)20)2-3-10(8)21(17,18)16-5-4-11-14-7-15-19-11/h2-3,6-7,16H,4-5H2,1H3,(H2,13,20). The van der Waals surface area contributed by atoms with Gasteiger partial charge < -0.3 is 10.3 Å². The molecule has 9 heteroatoms. The molecule has 0 saturated heterocycles. The Kier molecular flexibility index (Phi) is 4.66. The van der Waals surface area contributed by atoms with Crippen LogP contribution in [-0.2, 0) is 16.4 Å². The van der Waals surface area contributed by atoms with E-state index in [0.29, 0.717) is 23.4 Å². The van der Waals surface area contributed by atoms with Crippen LogP contribution in [0.2, 0.25) is 0 Å². The smallest absolute Gasteiger partial charge is 0.240 e. The van der Waals surface area contributed by atoms with Crippen molar-refractivity contribution in [3.8, 4) is 0 Å². The number of rotatable bonds is 6. The lowest BCUT2D eigenvalue weighted by atomic mass is 10.1. The summed E-state index contributed by atoms with van der Waals surface area (Å²) >= 11 is 4.86. The van der Waals surface area contributed by atoms with Crippen LogP contribution in [0.4, 0.5) is 0 Å². The van der Waals surface area contributed by atoms with Crippen LogP contribution in [0, 0.1) is 6.92 Å². The van der Waals surface area contributed by atoms with Crippen LogP contribution in [0.15, 0.2) is 33.9 Å². The van der Waals surface area contributed by atoms with Crippen LogP contribution < -0.4 is 10.5 Å². The lowest BCUT2D eigenvalue weighted by molar-refractivity contribution is 0.377. The van der Waals surface area contributed by atoms with E-state index in [0.717, 1.165) is 0 Å². The summed E-state index contributed by atoms with van der Waals surface area (Å²) in [5.74, 6) is 0.373. The maximum atomic E-state index is 12.2. The van der Waals surface area contributed by atoms with Gasteiger partial charge >= 0.3 is 0 Å². The highest BCUT2D eigenvalue weighted by Crippen LogP contribution is 2.16. The van der Waals surface area contributed by atoms with E-state index >= 15 is 0 Å². The van der Waals surface area contributed by atoms with E-state index in [2.05, 4.69) is 14.9 Å². The van der Waals surface area contributed by atoms with Crippen LogP contribution in [0.25, 0.3) is 0 Å². The number of sulfonamides is 1. The molecule has 0 aliphatic rings. The zero-order valence-electron chi connectivity index (χ0n) is 11.2. The minimum atomic E-state index is -3.61. The molecule has 1 aromatic carbocycles. The van der Waals surface area contributed by atoms with E-state index in [1.165, 1.54) is 12.4 Å².